The summed E-state index contributed by atoms with van der Waals surface area (Å²) < 4.78 is 73.8. The molecular weight excluding hydrogens is 756 g/mol. The summed E-state index contributed by atoms with van der Waals surface area (Å²) in [6.45, 7) is 0.426. The van der Waals surface area contributed by atoms with Crippen LogP contribution in [-0.2, 0) is 46.9 Å². The van der Waals surface area contributed by atoms with Crippen molar-refractivity contribution in [3.05, 3.63) is 47.5 Å². The topological polar surface area (TPSA) is 162 Å². The monoisotopic (exact) mass is 805 g/mol. The molecule has 17 heteroatoms. The van der Waals surface area contributed by atoms with Crippen LogP contribution in [0.1, 0.15) is 88.2 Å². The van der Waals surface area contributed by atoms with Gasteiger partial charge in [0.1, 0.15) is 17.7 Å². The minimum absolute atomic E-state index is 0.0776. The number of nitrogens with zero attached hydrogens (tertiary/aromatic N) is 3. The molecule has 2 saturated carbocycles. The van der Waals surface area contributed by atoms with E-state index < -0.39 is 86.6 Å². The van der Waals surface area contributed by atoms with Crippen molar-refractivity contribution in [1.29, 1.82) is 0 Å². The Kier molecular flexibility index (Phi) is 11.5. The van der Waals surface area contributed by atoms with Gasteiger partial charge < -0.3 is 24.8 Å². The maximum absolute atomic E-state index is 14.6. The van der Waals surface area contributed by atoms with Gasteiger partial charge in [0.15, 0.2) is 0 Å². The van der Waals surface area contributed by atoms with Crippen LogP contribution in [0, 0.1) is 17.8 Å². The minimum atomic E-state index is -4.35. The molecule has 13 nitrogen and oxygen atoms in total. The smallest absolute Gasteiger partial charge is 0.410 e. The van der Waals surface area contributed by atoms with Crippen LogP contribution in [0.4, 0.5) is 18.0 Å². The first-order valence-electron chi connectivity index (χ1n) is 19.9. The summed E-state index contributed by atoms with van der Waals surface area (Å²) in [6, 6.07) is 6.55. The van der Waals surface area contributed by atoms with Crippen LogP contribution in [0.2, 0.25) is 0 Å². The van der Waals surface area contributed by atoms with Gasteiger partial charge in [0.2, 0.25) is 27.7 Å². The van der Waals surface area contributed by atoms with Crippen LogP contribution < -0.4 is 10.0 Å². The van der Waals surface area contributed by atoms with E-state index in [2.05, 4.69) is 10.0 Å². The number of hydrogen-bond donors (Lipinski definition) is 2. The number of nitrogens with one attached hydrogen (secondary N) is 2. The molecule has 5 amide bonds. The molecule has 0 bridgehead atoms. The number of alkyl halides is 3. The molecule has 7 rings (SSSR count). The van der Waals surface area contributed by atoms with Gasteiger partial charge in [0.25, 0.3) is 5.91 Å². The van der Waals surface area contributed by atoms with Gasteiger partial charge in [-0.1, -0.05) is 49.3 Å². The Bertz CT molecular complexity index is 1850. The zero-order valence-corrected chi connectivity index (χ0v) is 32.1. The SMILES string of the molecule is O=C1N[C@]2(C(=O)NS(=O)(=O)C3CC3)CC2/C=C\CCCCC[C@H](CC(=O)N2CCC(C(F)(F)F)CC2)C(=O)N2C[C@H](OC(=O)N3CCc4ccccc4C3)C[C@@H]12. The number of piperidine rings is 1. The fourth-order valence-corrected chi connectivity index (χ4v) is 10.0. The van der Waals surface area contributed by atoms with Crippen molar-refractivity contribution in [2.75, 3.05) is 26.2 Å². The lowest BCUT2D eigenvalue weighted by Gasteiger charge is -2.34. The number of hydrogen-bond acceptors (Lipinski definition) is 8. The van der Waals surface area contributed by atoms with Crippen molar-refractivity contribution in [3.8, 4) is 0 Å². The number of ether oxygens (including phenoxy) is 1. The molecular formula is C39H50F3N5O8S. The number of halogens is 3. The first-order valence-corrected chi connectivity index (χ1v) is 21.4. The zero-order chi connectivity index (χ0) is 39.8. The lowest BCUT2D eigenvalue weighted by atomic mass is 9.92. The van der Waals surface area contributed by atoms with Crippen molar-refractivity contribution in [1.82, 2.24) is 24.7 Å². The number of allylic oxidation sites excluding steroid dienone is 1. The molecule has 2 aliphatic carbocycles. The van der Waals surface area contributed by atoms with E-state index in [1.165, 1.54) is 9.80 Å². The summed E-state index contributed by atoms with van der Waals surface area (Å²) in [5.41, 5.74) is 0.546. The van der Waals surface area contributed by atoms with Crippen molar-refractivity contribution < 1.29 is 50.3 Å². The summed E-state index contributed by atoms with van der Waals surface area (Å²) >= 11 is 0. The average Bonchev–Trinajstić information content (AvgIpc) is 4.10. The quantitative estimate of drug-likeness (QED) is 0.409. The van der Waals surface area contributed by atoms with E-state index in [1.54, 1.807) is 4.90 Å². The molecule has 0 aromatic heterocycles. The lowest BCUT2D eigenvalue weighted by Crippen LogP contribution is -2.57. The van der Waals surface area contributed by atoms with E-state index in [-0.39, 0.29) is 51.7 Å². The highest BCUT2D eigenvalue weighted by Crippen LogP contribution is 2.46. The summed E-state index contributed by atoms with van der Waals surface area (Å²) in [5, 5.41) is 2.13. The Morgan fingerprint density at radius 1 is 0.946 bits per heavy atom. The number of amides is 5. The second-order valence-corrected chi connectivity index (χ2v) is 18.3. The summed E-state index contributed by atoms with van der Waals surface area (Å²) in [5.74, 6) is -5.41. The zero-order valence-electron chi connectivity index (χ0n) is 31.3. The minimum Gasteiger partial charge on any atom is -0.444 e. The molecule has 56 heavy (non-hydrogen) atoms. The van der Waals surface area contributed by atoms with Crippen LogP contribution in [-0.4, -0.2) is 108 Å². The van der Waals surface area contributed by atoms with E-state index in [9.17, 15) is 45.6 Å². The third kappa shape index (κ3) is 8.86. The molecule has 1 aromatic carbocycles. The van der Waals surface area contributed by atoms with Crippen LogP contribution in [0.3, 0.4) is 0 Å². The van der Waals surface area contributed by atoms with Crippen molar-refractivity contribution in [2.45, 2.75) is 119 Å². The van der Waals surface area contributed by atoms with Gasteiger partial charge in [-0.25, -0.2) is 13.2 Å². The maximum atomic E-state index is 14.6. The number of fused-ring (bicyclic) bond motifs is 3. The predicted molar refractivity (Wildman–Crippen MR) is 196 cm³/mol. The predicted octanol–water partition coefficient (Wildman–Crippen LogP) is 3.96. The van der Waals surface area contributed by atoms with Crippen molar-refractivity contribution in [2.24, 2.45) is 17.8 Å². The van der Waals surface area contributed by atoms with Crippen LogP contribution in [0.5, 0.6) is 0 Å². The second kappa shape index (κ2) is 16.0. The van der Waals surface area contributed by atoms with Crippen LogP contribution in [0.25, 0.3) is 0 Å². The highest BCUT2D eigenvalue weighted by atomic mass is 32.2. The molecule has 0 radical (unpaired) electrons. The Balaban J connectivity index is 1.11. The Hall–Kier alpha value is -4.15. The van der Waals surface area contributed by atoms with Crippen LogP contribution >= 0.6 is 0 Å². The number of sulfonamides is 1. The standard InChI is InChI=1S/C39H50F3N5O8S/c40-39(41,42)28-15-18-45(19-16-28)33(48)20-26-9-4-2-1-3-5-11-29-22-38(29,36(51)44-56(53,54)31-12-13-31)43-34(49)32-21-30(24-47(32)35(26)50)55-37(52)46-17-14-25-8-6-7-10-27(25)23-46/h5-8,10-11,26,28-32H,1-4,9,12-24H2,(H,43,49)(H,44,51)/b11-5-/t26-,29?,30-,32+,38-/m1/s1. The first kappa shape index (κ1) is 40.1. The third-order valence-corrected chi connectivity index (χ3v) is 14.2. The maximum Gasteiger partial charge on any atom is 0.410 e. The molecule has 5 atom stereocenters. The largest absolute Gasteiger partial charge is 0.444 e. The summed E-state index contributed by atoms with van der Waals surface area (Å²) in [4.78, 5) is 73.9. The molecule has 1 aromatic rings. The summed E-state index contributed by atoms with van der Waals surface area (Å²) in [6.07, 6.45) is 1.64. The van der Waals surface area contributed by atoms with E-state index in [0.717, 1.165) is 17.5 Å². The van der Waals surface area contributed by atoms with Gasteiger partial charge >= 0.3 is 12.3 Å². The molecule has 306 valence electrons. The first-order chi connectivity index (χ1) is 26.6. The fraction of sp³-hybridized carbons (Fsp3) is 0.667. The molecule has 2 N–H and O–H groups in total. The molecule has 2 saturated heterocycles. The number of carbonyl (C=O) groups excluding carboxylic acids is 5. The van der Waals surface area contributed by atoms with E-state index >= 15 is 0 Å². The van der Waals surface area contributed by atoms with Gasteiger partial charge in [-0.05, 0) is 68.9 Å². The number of rotatable bonds is 6. The van der Waals surface area contributed by atoms with Gasteiger partial charge in [0, 0.05) is 50.9 Å². The second-order valence-electron chi connectivity index (χ2n) is 16.3. The molecule has 4 fully saturated rings. The highest BCUT2D eigenvalue weighted by Gasteiger charge is 2.62. The van der Waals surface area contributed by atoms with Gasteiger partial charge in [0.05, 0.1) is 17.7 Å². The number of likely N-dealkylation sites (tertiary alicyclic amines) is 1. The Labute approximate surface area is 324 Å². The number of benzene rings is 1. The van der Waals surface area contributed by atoms with E-state index in [0.29, 0.717) is 58.0 Å². The normalized spacial score (nSPS) is 29.8. The molecule has 6 aliphatic rings. The fourth-order valence-electron chi connectivity index (χ4n) is 8.64. The molecule has 0 spiro atoms. The van der Waals surface area contributed by atoms with Gasteiger partial charge in [-0.3, -0.25) is 23.9 Å². The van der Waals surface area contributed by atoms with Crippen molar-refractivity contribution >= 4 is 39.7 Å². The summed E-state index contributed by atoms with van der Waals surface area (Å²) in [7, 11) is -3.94. The van der Waals surface area contributed by atoms with Gasteiger partial charge in [-0.15, -0.1) is 0 Å². The van der Waals surface area contributed by atoms with Crippen LogP contribution in [0.15, 0.2) is 36.4 Å². The van der Waals surface area contributed by atoms with E-state index in [1.807, 2.05) is 36.4 Å². The number of carbonyl (C=O) groups is 5. The average molecular weight is 806 g/mol. The van der Waals surface area contributed by atoms with E-state index in [4.69, 9.17) is 4.74 Å². The lowest BCUT2D eigenvalue weighted by molar-refractivity contribution is -0.186. The third-order valence-electron chi connectivity index (χ3n) is 12.3. The highest BCUT2D eigenvalue weighted by molar-refractivity contribution is 7.91. The Morgan fingerprint density at radius 2 is 1.68 bits per heavy atom. The molecule has 1 unspecified atom stereocenters. The van der Waals surface area contributed by atoms with Crippen molar-refractivity contribution in [3.63, 3.8) is 0 Å². The Morgan fingerprint density at radius 3 is 2.39 bits per heavy atom. The molecule has 4 heterocycles. The van der Waals surface area contributed by atoms with Gasteiger partial charge in [-0.2, -0.15) is 13.2 Å². The molecule has 4 aliphatic heterocycles.